The maximum absolute atomic E-state index is 6.03. The highest BCUT2D eigenvalue weighted by Gasteiger charge is 2.15. The predicted molar refractivity (Wildman–Crippen MR) is 75.8 cm³/mol. The van der Waals surface area contributed by atoms with Gasteiger partial charge in [-0.15, -0.1) is 0 Å². The Morgan fingerprint density at radius 1 is 1.28 bits per heavy atom. The molecule has 0 aromatic carbocycles. The number of aryl methyl sites for hydroxylation is 2. The van der Waals surface area contributed by atoms with Gasteiger partial charge in [-0.2, -0.15) is 5.10 Å². The van der Waals surface area contributed by atoms with Gasteiger partial charge in [0, 0.05) is 7.05 Å². The quantitative estimate of drug-likeness (QED) is 0.723. The lowest BCUT2D eigenvalue weighted by Gasteiger charge is -2.15. The summed E-state index contributed by atoms with van der Waals surface area (Å²) in [4.78, 5) is 0. The molecule has 0 fully saturated rings. The van der Waals surface area contributed by atoms with Crippen LogP contribution >= 0.6 is 0 Å². The van der Waals surface area contributed by atoms with Crippen LogP contribution in [0, 0.1) is 0 Å². The second-order valence-electron chi connectivity index (χ2n) is 4.92. The smallest absolute Gasteiger partial charge is 0.236 e. The van der Waals surface area contributed by atoms with E-state index >= 15 is 0 Å². The van der Waals surface area contributed by atoms with E-state index in [0.29, 0.717) is 5.69 Å². The fraction of sp³-hybridized carbons (Fsp3) is 0.786. The zero-order chi connectivity index (χ0) is 13.5. The first-order valence-corrected chi connectivity index (χ1v) is 7.08. The van der Waals surface area contributed by atoms with E-state index in [1.54, 1.807) is 4.68 Å². The second-order valence-corrected chi connectivity index (χ2v) is 4.92. The molecule has 0 bridgehead atoms. The third-order valence-corrected chi connectivity index (χ3v) is 3.22. The Bertz CT molecular complexity index is 360. The van der Waals surface area contributed by atoms with E-state index in [-0.39, 0.29) is 6.10 Å². The molecule has 0 radical (unpaired) electrons. The van der Waals surface area contributed by atoms with Crippen molar-refractivity contribution in [2.45, 2.75) is 65.4 Å². The normalized spacial score (nSPS) is 12.7. The number of hydrogen-bond acceptors (Lipinski definition) is 3. The summed E-state index contributed by atoms with van der Waals surface area (Å²) in [6.45, 7) is 6.38. The minimum Gasteiger partial charge on any atom is -0.473 e. The van der Waals surface area contributed by atoms with Crippen molar-refractivity contribution in [3.05, 3.63) is 5.69 Å². The van der Waals surface area contributed by atoms with Gasteiger partial charge < -0.3 is 10.5 Å². The molecule has 0 spiro atoms. The fourth-order valence-corrected chi connectivity index (χ4v) is 2.09. The van der Waals surface area contributed by atoms with E-state index in [4.69, 9.17) is 10.5 Å². The molecule has 4 nitrogen and oxygen atoms in total. The number of anilines is 1. The summed E-state index contributed by atoms with van der Waals surface area (Å²) in [6.07, 6.45) is 7.19. The minimum atomic E-state index is 0.198. The summed E-state index contributed by atoms with van der Waals surface area (Å²) >= 11 is 0. The number of hydrogen-bond donors (Lipinski definition) is 1. The summed E-state index contributed by atoms with van der Waals surface area (Å²) in [5.74, 6) is 0.717. The van der Waals surface area contributed by atoms with E-state index in [9.17, 15) is 0 Å². The number of ether oxygens (including phenoxy) is 1. The van der Waals surface area contributed by atoms with Gasteiger partial charge in [-0.05, 0) is 26.2 Å². The van der Waals surface area contributed by atoms with Crippen molar-refractivity contribution in [3.8, 4) is 5.88 Å². The van der Waals surface area contributed by atoms with Crippen molar-refractivity contribution in [2.75, 3.05) is 5.73 Å². The van der Waals surface area contributed by atoms with Crippen molar-refractivity contribution in [1.29, 1.82) is 0 Å². The van der Waals surface area contributed by atoms with Gasteiger partial charge in [0.25, 0.3) is 0 Å². The standard InChI is InChI=1S/C14H27N3O/c1-5-7-8-9-10-11(3)18-14-13(15)12(6-2)16-17(14)4/h11H,5-10,15H2,1-4H3. The van der Waals surface area contributed by atoms with Crippen LogP contribution < -0.4 is 10.5 Å². The molecule has 0 saturated heterocycles. The highest BCUT2D eigenvalue weighted by molar-refractivity contribution is 5.53. The predicted octanol–water partition coefficient (Wildman–Crippen LogP) is 3.30. The Kier molecular flexibility index (Phi) is 6.02. The van der Waals surface area contributed by atoms with Gasteiger partial charge in [-0.25, -0.2) is 4.68 Å². The summed E-state index contributed by atoms with van der Waals surface area (Å²) in [7, 11) is 1.88. The maximum Gasteiger partial charge on any atom is 0.236 e. The molecule has 0 aliphatic carbocycles. The van der Waals surface area contributed by atoms with Gasteiger partial charge in [0.15, 0.2) is 0 Å². The third-order valence-electron chi connectivity index (χ3n) is 3.22. The van der Waals surface area contributed by atoms with Gasteiger partial charge in [-0.3, -0.25) is 0 Å². The lowest BCUT2D eigenvalue weighted by molar-refractivity contribution is 0.190. The number of rotatable bonds is 8. The van der Waals surface area contributed by atoms with Crippen LogP contribution in [0.4, 0.5) is 5.69 Å². The first kappa shape index (κ1) is 14.9. The monoisotopic (exact) mass is 253 g/mol. The molecule has 0 aliphatic heterocycles. The maximum atomic E-state index is 6.03. The molecule has 18 heavy (non-hydrogen) atoms. The fourth-order valence-electron chi connectivity index (χ4n) is 2.09. The molecule has 1 atom stereocenters. The van der Waals surface area contributed by atoms with Crippen molar-refractivity contribution in [1.82, 2.24) is 9.78 Å². The van der Waals surface area contributed by atoms with Crippen LogP contribution in [0.25, 0.3) is 0 Å². The van der Waals surface area contributed by atoms with Gasteiger partial charge in [0.1, 0.15) is 5.69 Å². The molecule has 1 rings (SSSR count). The van der Waals surface area contributed by atoms with Crippen molar-refractivity contribution in [2.24, 2.45) is 7.05 Å². The average molecular weight is 253 g/mol. The first-order chi connectivity index (χ1) is 8.60. The molecule has 1 unspecified atom stereocenters. The van der Waals surface area contributed by atoms with E-state index in [0.717, 1.165) is 24.4 Å². The van der Waals surface area contributed by atoms with Crippen LogP contribution in [0.15, 0.2) is 0 Å². The summed E-state index contributed by atoms with van der Waals surface area (Å²) in [5, 5.41) is 4.36. The highest BCUT2D eigenvalue weighted by atomic mass is 16.5. The molecule has 0 aliphatic rings. The summed E-state index contributed by atoms with van der Waals surface area (Å²) in [6, 6.07) is 0. The molecule has 1 heterocycles. The number of nitrogens with zero attached hydrogens (tertiary/aromatic N) is 2. The van der Waals surface area contributed by atoms with Gasteiger partial charge in [-0.1, -0.05) is 33.1 Å². The largest absolute Gasteiger partial charge is 0.473 e. The first-order valence-electron chi connectivity index (χ1n) is 7.08. The van der Waals surface area contributed by atoms with E-state index < -0.39 is 0 Å². The van der Waals surface area contributed by atoms with E-state index in [1.165, 1.54) is 25.7 Å². The average Bonchev–Trinajstić information content (AvgIpc) is 2.62. The number of nitrogens with two attached hydrogens (primary N) is 1. The summed E-state index contributed by atoms with van der Waals surface area (Å²) < 4.78 is 7.66. The lowest BCUT2D eigenvalue weighted by atomic mass is 10.1. The molecule has 2 N–H and O–H groups in total. The van der Waals surface area contributed by atoms with E-state index in [1.807, 2.05) is 7.05 Å². The van der Waals surface area contributed by atoms with Crippen LogP contribution in [0.2, 0.25) is 0 Å². The Balaban J connectivity index is 2.48. The highest BCUT2D eigenvalue weighted by Crippen LogP contribution is 2.26. The Hall–Kier alpha value is -1.19. The van der Waals surface area contributed by atoms with Gasteiger partial charge in [0.2, 0.25) is 5.88 Å². The van der Waals surface area contributed by atoms with Crippen LogP contribution in [-0.2, 0) is 13.5 Å². The lowest BCUT2D eigenvalue weighted by Crippen LogP contribution is -2.14. The van der Waals surface area contributed by atoms with Crippen molar-refractivity contribution >= 4 is 5.69 Å². The van der Waals surface area contributed by atoms with Gasteiger partial charge >= 0.3 is 0 Å². The third kappa shape index (κ3) is 3.93. The van der Waals surface area contributed by atoms with Crippen molar-refractivity contribution < 1.29 is 4.74 Å². The van der Waals surface area contributed by atoms with Crippen LogP contribution in [0.5, 0.6) is 5.88 Å². The number of nitrogen functional groups attached to an aromatic ring is 1. The second kappa shape index (κ2) is 7.29. The zero-order valence-corrected chi connectivity index (χ0v) is 12.2. The molecule has 0 amide bonds. The Morgan fingerprint density at radius 3 is 2.56 bits per heavy atom. The molecular formula is C14H27N3O. The van der Waals surface area contributed by atoms with Crippen LogP contribution in [0.1, 0.15) is 58.6 Å². The molecule has 104 valence electrons. The molecule has 1 aromatic heterocycles. The number of unbranched alkanes of at least 4 members (excludes halogenated alkanes) is 3. The van der Waals surface area contributed by atoms with Crippen LogP contribution in [-0.4, -0.2) is 15.9 Å². The van der Waals surface area contributed by atoms with Crippen LogP contribution in [0.3, 0.4) is 0 Å². The molecular weight excluding hydrogens is 226 g/mol. The Morgan fingerprint density at radius 2 is 2.00 bits per heavy atom. The van der Waals surface area contributed by atoms with Crippen molar-refractivity contribution in [3.63, 3.8) is 0 Å². The zero-order valence-electron chi connectivity index (χ0n) is 12.2. The number of aromatic nitrogens is 2. The summed E-state index contributed by atoms with van der Waals surface area (Å²) in [5.41, 5.74) is 7.65. The topological polar surface area (TPSA) is 53.1 Å². The molecule has 1 aromatic rings. The Labute approximate surface area is 111 Å². The minimum absolute atomic E-state index is 0.198. The van der Waals surface area contributed by atoms with E-state index in [2.05, 4.69) is 25.9 Å². The molecule has 0 saturated carbocycles. The SMILES string of the molecule is CCCCCCC(C)Oc1c(N)c(CC)nn1C. The molecule has 4 heteroatoms. The van der Waals surface area contributed by atoms with Gasteiger partial charge in [0.05, 0.1) is 11.8 Å².